The molecule has 0 radical (unpaired) electrons. The van der Waals surface area contributed by atoms with Crippen LogP contribution in [0.1, 0.15) is 67.3 Å². The Morgan fingerprint density at radius 3 is 2.33 bits per heavy atom. The van der Waals surface area contributed by atoms with Gasteiger partial charge in [-0.1, -0.05) is 12.1 Å². The molecule has 1 aliphatic carbocycles. The number of hydrogen-bond acceptors (Lipinski definition) is 4. The summed E-state index contributed by atoms with van der Waals surface area (Å²) in [5.74, 6) is 0.104. The van der Waals surface area contributed by atoms with Crippen molar-refractivity contribution >= 4 is 24.2 Å². The molecule has 3 N–H and O–H groups in total. The van der Waals surface area contributed by atoms with Crippen LogP contribution >= 0.6 is 12.4 Å². The fourth-order valence-corrected chi connectivity index (χ4v) is 5.53. The molecule has 4 rings (SSSR count). The first-order valence-electron chi connectivity index (χ1n) is 11.2. The minimum absolute atomic E-state index is 0. The second-order valence-electron chi connectivity index (χ2n) is 8.89. The van der Waals surface area contributed by atoms with Gasteiger partial charge in [0.25, 0.3) is 5.91 Å². The summed E-state index contributed by atoms with van der Waals surface area (Å²) in [5, 5.41) is 9.83. The lowest BCUT2D eigenvalue weighted by Crippen LogP contribution is -2.63. The summed E-state index contributed by atoms with van der Waals surface area (Å²) in [4.78, 5) is 30.9. The van der Waals surface area contributed by atoms with E-state index in [9.17, 15) is 14.7 Å². The molecule has 1 saturated carbocycles. The van der Waals surface area contributed by atoms with E-state index >= 15 is 0 Å². The van der Waals surface area contributed by atoms with Gasteiger partial charge in [-0.2, -0.15) is 0 Å². The van der Waals surface area contributed by atoms with Crippen LogP contribution in [0.25, 0.3) is 0 Å². The van der Waals surface area contributed by atoms with E-state index in [1.165, 1.54) is 0 Å². The third-order valence-corrected chi connectivity index (χ3v) is 7.12. The van der Waals surface area contributed by atoms with Crippen LogP contribution in [-0.4, -0.2) is 64.0 Å². The molecule has 1 aromatic rings. The maximum absolute atomic E-state index is 13.7. The maximum Gasteiger partial charge on any atom is 0.254 e. The lowest BCUT2D eigenvalue weighted by atomic mass is 9.82. The average Bonchev–Trinajstić information content (AvgIpc) is 3.16. The largest absolute Gasteiger partial charge is 0.393 e. The molecule has 0 bridgehead atoms. The lowest BCUT2D eigenvalue weighted by molar-refractivity contribution is -0.149. The van der Waals surface area contributed by atoms with E-state index in [1.807, 2.05) is 34.1 Å². The van der Waals surface area contributed by atoms with E-state index in [0.29, 0.717) is 18.7 Å². The molecular weight excluding hydrogens is 402 g/mol. The van der Waals surface area contributed by atoms with Crippen LogP contribution in [0.15, 0.2) is 24.3 Å². The highest BCUT2D eigenvalue weighted by atomic mass is 35.5. The standard InChI is InChI=1S/C23H33N3O3.ClH/c24-14-11-17-3-5-18(6-4-17)21(28)26-16-2-13-23(26)12-1-15-25(22(23)29)19-7-9-20(27)10-8-19;/h3-6,19-20,27H,1-2,7-16,24H2;1H. The summed E-state index contributed by atoms with van der Waals surface area (Å²) in [6.07, 6.45) is 7.14. The predicted molar refractivity (Wildman–Crippen MR) is 119 cm³/mol. The smallest absolute Gasteiger partial charge is 0.254 e. The predicted octanol–water partition coefficient (Wildman–Crippen LogP) is 2.51. The fraction of sp³-hybridized carbons (Fsp3) is 0.652. The number of piperidine rings is 1. The molecule has 3 fully saturated rings. The van der Waals surface area contributed by atoms with Crippen molar-refractivity contribution in [1.29, 1.82) is 0 Å². The molecule has 2 amide bonds. The van der Waals surface area contributed by atoms with E-state index in [4.69, 9.17) is 5.73 Å². The lowest BCUT2D eigenvalue weighted by Gasteiger charge is -2.48. The molecule has 1 aromatic carbocycles. The summed E-state index contributed by atoms with van der Waals surface area (Å²) in [6.45, 7) is 2.01. The van der Waals surface area contributed by atoms with E-state index in [1.54, 1.807) is 0 Å². The monoisotopic (exact) mass is 435 g/mol. The number of aliphatic hydroxyl groups is 1. The van der Waals surface area contributed by atoms with Crippen molar-refractivity contribution in [3.05, 3.63) is 35.4 Å². The molecule has 2 aliphatic heterocycles. The van der Waals surface area contributed by atoms with Crippen molar-refractivity contribution in [2.75, 3.05) is 19.6 Å². The van der Waals surface area contributed by atoms with Crippen LogP contribution in [0.3, 0.4) is 0 Å². The van der Waals surface area contributed by atoms with Gasteiger partial charge in [0.1, 0.15) is 5.54 Å². The number of halogens is 1. The van der Waals surface area contributed by atoms with Crippen LogP contribution in [-0.2, 0) is 11.2 Å². The quantitative estimate of drug-likeness (QED) is 0.760. The highest BCUT2D eigenvalue weighted by molar-refractivity contribution is 6.00. The third kappa shape index (κ3) is 4.23. The number of carbonyl (C=O) groups is 2. The van der Waals surface area contributed by atoms with Crippen LogP contribution in [0.5, 0.6) is 0 Å². The molecule has 30 heavy (non-hydrogen) atoms. The molecule has 0 aromatic heterocycles. The molecule has 6 nitrogen and oxygen atoms in total. The molecule has 1 unspecified atom stereocenters. The topological polar surface area (TPSA) is 86.9 Å². The molecular formula is C23H34ClN3O3. The van der Waals surface area contributed by atoms with E-state index in [2.05, 4.69) is 0 Å². The molecule has 7 heteroatoms. The maximum atomic E-state index is 13.7. The number of hydrogen-bond donors (Lipinski definition) is 2. The number of amides is 2. The van der Waals surface area contributed by atoms with E-state index in [-0.39, 0.29) is 36.4 Å². The van der Waals surface area contributed by atoms with Gasteiger partial charge in [0.2, 0.25) is 5.91 Å². The average molecular weight is 436 g/mol. The van der Waals surface area contributed by atoms with Gasteiger partial charge in [-0.25, -0.2) is 0 Å². The molecule has 166 valence electrons. The first-order chi connectivity index (χ1) is 14.0. The number of benzene rings is 1. The zero-order chi connectivity index (χ0) is 20.4. The highest BCUT2D eigenvalue weighted by Gasteiger charge is 2.53. The first-order valence-corrected chi connectivity index (χ1v) is 11.2. The van der Waals surface area contributed by atoms with Crippen molar-refractivity contribution in [3.8, 4) is 0 Å². The number of aliphatic hydroxyl groups excluding tert-OH is 1. The van der Waals surface area contributed by atoms with Gasteiger partial charge in [-0.15, -0.1) is 12.4 Å². The van der Waals surface area contributed by atoms with Gasteiger partial charge in [0.05, 0.1) is 6.10 Å². The summed E-state index contributed by atoms with van der Waals surface area (Å²) in [7, 11) is 0. The number of nitrogens with two attached hydrogens (primary N) is 1. The fourth-order valence-electron chi connectivity index (χ4n) is 5.53. The van der Waals surface area contributed by atoms with Crippen molar-refractivity contribution in [1.82, 2.24) is 9.80 Å². The van der Waals surface area contributed by atoms with Gasteiger partial charge >= 0.3 is 0 Å². The van der Waals surface area contributed by atoms with Crippen LogP contribution in [0.2, 0.25) is 0 Å². The molecule has 3 aliphatic rings. The van der Waals surface area contributed by atoms with Crippen molar-refractivity contribution < 1.29 is 14.7 Å². The zero-order valence-corrected chi connectivity index (χ0v) is 18.4. The van der Waals surface area contributed by atoms with Crippen molar-refractivity contribution in [2.45, 2.75) is 75.5 Å². The van der Waals surface area contributed by atoms with Gasteiger partial charge in [0, 0.05) is 24.7 Å². The number of rotatable bonds is 4. The van der Waals surface area contributed by atoms with Gasteiger partial charge in [-0.3, -0.25) is 9.59 Å². The number of carbonyl (C=O) groups excluding carboxylic acids is 2. The second kappa shape index (κ2) is 9.67. The van der Waals surface area contributed by atoms with Crippen LogP contribution < -0.4 is 5.73 Å². The van der Waals surface area contributed by atoms with Gasteiger partial charge in [0.15, 0.2) is 0 Å². The van der Waals surface area contributed by atoms with Crippen molar-refractivity contribution in [2.24, 2.45) is 5.73 Å². The minimum Gasteiger partial charge on any atom is -0.393 e. The summed E-state index contributed by atoms with van der Waals surface area (Å²) in [5.41, 5.74) is 6.71. The Kier molecular flexibility index (Phi) is 7.43. The Morgan fingerprint density at radius 1 is 1.07 bits per heavy atom. The van der Waals surface area contributed by atoms with Crippen LogP contribution in [0, 0.1) is 0 Å². The Morgan fingerprint density at radius 2 is 1.70 bits per heavy atom. The summed E-state index contributed by atoms with van der Waals surface area (Å²) >= 11 is 0. The third-order valence-electron chi connectivity index (χ3n) is 7.12. The number of nitrogens with zero attached hydrogens (tertiary/aromatic N) is 2. The SMILES string of the molecule is Cl.NCCc1ccc(C(=O)N2CCCC23CCCN(C2CCC(O)CC2)C3=O)cc1. The van der Waals surface area contributed by atoms with E-state index < -0.39 is 5.54 Å². The first kappa shape index (κ1) is 23.0. The molecule has 1 atom stereocenters. The Labute approximate surface area is 185 Å². The van der Waals surface area contributed by atoms with Crippen molar-refractivity contribution in [3.63, 3.8) is 0 Å². The molecule has 2 saturated heterocycles. The van der Waals surface area contributed by atoms with Gasteiger partial charge < -0.3 is 20.6 Å². The van der Waals surface area contributed by atoms with E-state index in [0.717, 1.165) is 69.9 Å². The Hall–Kier alpha value is -1.63. The molecule has 2 heterocycles. The Balaban J connectivity index is 0.00000256. The Bertz CT molecular complexity index is 749. The zero-order valence-electron chi connectivity index (χ0n) is 17.6. The van der Waals surface area contributed by atoms with Gasteiger partial charge in [-0.05, 0) is 82.0 Å². The minimum atomic E-state index is -0.679. The highest BCUT2D eigenvalue weighted by Crippen LogP contribution is 2.41. The summed E-state index contributed by atoms with van der Waals surface area (Å²) in [6, 6.07) is 7.87. The number of likely N-dealkylation sites (tertiary alicyclic amines) is 2. The normalized spacial score (nSPS) is 29.2. The second-order valence-corrected chi connectivity index (χ2v) is 8.89. The summed E-state index contributed by atoms with van der Waals surface area (Å²) < 4.78 is 0. The molecule has 1 spiro atoms. The van der Waals surface area contributed by atoms with Crippen LogP contribution in [0.4, 0.5) is 0 Å².